The number of amides is 1. The molecule has 1 aromatic heterocycles. The number of benzene rings is 1. The second kappa shape index (κ2) is 8.76. The maximum atomic E-state index is 13.7. The van der Waals surface area contributed by atoms with Gasteiger partial charge < -0.3 is 15.1 Å². The molecule has 1 unspecified atom stereocenters. The Bertz CT molecular complexity index is 842. The first-order valence-electron chi connectivity index (χ1n) is 10.4. The molecule has 1 saturated carbocycles. The van der Waals surface area contributed by atoms with Crippen molar-refractivity contribution in [1.29, 1.82) is 0 Å². The van der Waals surface area contributed by atoms with E-state index in [0.717, 1.165) is 13.0 Å². The van der Waals surface area contributed by atoms with Gasteiger partial charge in [-0.15, -0.1) is 0 Å². The third-order valence-electron chi connectivity index (χ3n) is 5.56. The van der Waals surface area contributed by atoms with Crippen LogP contribution in [0.5, 0.6) is 0 Å². The van der Waals surface area contributed by atoms with Crippen molar-refractivity contribution >= 4 is 17.7 Å². The lowest BCUT2D eigenvalue weighted by Crippen LogP contribution is -2.30. The SMILES string of the molecule is CN(CCc1ccccc1)c1nc(C(=O)NCC2CC2)cc(N2CCC(F)C2)n1. The number of halogens is 1. The Hall–Kier alpha value is -2.70. The van der Waals surface area contributed by atoms with Crippen molar-refractivity contribution < 1.29 is 9.18 Å². The molecule has 29 heavy (non-hydrogen) atoms. The summed E-state index contributed by atoms with van der Waals surface area (Å²) in [4.78, 5) is 25.7. The Morgan fingerprint density at radius 2 is 2.03 bits per heavy atom. The van der Waals surface area contributed by atoms with Crippen molar-refractivity contribution in [2.24, 2.45) is 5.92 Å². The number of carbonyl (C=O) groups is 1. The molecule has 7 heteroatoms. The molecule has 0 radical (unpaired) electrons. The maximum Gasteiger partial charge on any atom is 0.270 e. The molecule has 0 spiro atoms. The standard InChI is InChI=1S/C22H28FN5O/c1-27(11-9-16-5-3-2-4-6-16)22-25-19(21(29)24-14-17-7-8-17)13-20(26-22)28-12-10-18(23)15-28/h2-6,13,17-18H,7-12,14-15H2,1H3,(H,24,29). The van der Waals surface area contributed by atoms with Crippen LogP contribution in [0.15, 0.2) is 36.4 Å². The van der Waals surface area contributed by atoms with Crippen LogP contribution in [0.3, 0.4) is 0 Å². The highest BCUT2D eigenvalue weighted by molar-refractivity contribution is 5.93. The van der Waals surface area contributed by atoms with Gasteiger partial charge in [0.25, 0.3) is 5.91 Å². The van der Waals surface area contributed by atoms with Crippen LogP contribution in [0, 0.1) is 5.92 Å². The molecule has 1 saturated heterocycles. The van der Waals surface area contributed by atoms with Crippen LogP contribution in [0.4, 0.5) is 16.2 Å². The van der Waals surface area contributed by atoms with Crippen molar-refractivity contribution in [2.45, 2.75) is 31.9 Å². The summed E-state index contributed by atoms with van der Waals surface area (Å²) in [5.74, 6) is 1.53. The fourth-order valence-electron chi connectivity index (χ4n) is 3.49. The zero-order valence-corrected chi connectivity index (χ0v) is 16.9. The Balaban J connectivity index is 1.51. The number of hydrogen-bond donors (Lipinski definition) is 1. The number of aromatic nitrogens is 2. The number of rotatable bonds is 8. The fraction of sp³-hybridized carbons (Fsp3) is 0.500. The summed E-state index contributed by atoms with van der Waals surface area (Å²) >= 11 is 0. The highest BCUT2D eigenvalue weighted by Gasteiger charge is 2.26. The van der Waals surface area contributed by atoms with Gasteiger partial charge in [-0.2, -0.15) is 4.98 Å². The van der Waals surface area contributed by atoms with Gasteiger partial charge in [0, 0.05) is 32.7 Å². The van der Waals surface area contributed by atoms with E-state index < -0.39 is 6.17 Å². The molecule has 1 N–H and O–H groups in total. The lowest BCUT2D eigenvalue weighted by Gasteiger charge is -2.22. The van der Waals surface area contributed by atoms with Gasteiger partial charge in [0.15, 0.2) is 0 Å². The average Bonchev–Trinajstić information content (AvgIpc) is 3.48. The van der Waals surface area contributed by atoms with Gasteiger partial charge in [-0.05, 0) is 37.2 Å². The van der Waals surface area contributed by atoms with Crippen LogP contribution in [0.2, 0.25) is 0 Å². The molecule has 1 aromatic carbocycles. The largest absolute Gasteiger partial charge is 0.353 e. The molecule has 0 bridgehead atoms. The predicted octanol–water partition coefficient (Wildman–Crippen LogP) is 2.84. The quantitative estimate of drug-likeness (QED) is 0.742. The van der Waals surface area contributed by atoms with E-state index in [-0.39, 0.29) is 5.91 Å². The third-order valence-corrected chi connectivity index (χ3v) is 5.56. The predicted molar refractivity (Wildman–Crippen MR) is 112 cm³/mol. The Labute approximate surface area is 171 Å². The van der Waals surface area contributed by atoms with Crippen LogP contribution in [0.1, 0.15) is 35.3 Å². The molecule has 154 valence electrons. The number of hydrogen-bond acceptors (Lipinski definition) is 5. The van der Waals surface area contributed by atoms with Gasteiger partial charge in [0.1, 0.15) is 17.7 Å². The van der Waals surface area contributed by atoms with Gasteiger partial charge in [-0.1, -0.05) is 30.3 Å². The zero-order chi connectivity index (χ0) is 20.2. The lowest BCUT2D eigenvalue weighted by atomic mass is 10.1. The molecule has 1 atom stereocenters. The highest BCUT2D eigenvalue weighted by Crippen LogP contribution is 2.28. The van der Waals surface area contributed by atoms with E-state index >= 15 is 0 Å². The minimum Gasteiger partial charge on any atom is -0.353 e. The number of nitrogens with zero attached hydrogens (tertiary/aromatic N) is 4. The van der Waals surface area contributed by atoms with E-state index in [0.29, 0.717) is 49.4 Å². The topological polar surface area (TPSA) is 61.4 Å². The summed E-state index contributed by atoms with van der Waals surface area (Å²) in [6.45, 7) is 2.33. The van der Waals surface area contributed by atoms with Crippen LogP contribution in [0.25, 0.3) is 0 Å². The number of likely N-dealkylation sites (N-methyl/N-ethyl adjacent to an activating group) is 1. The highest BCUT2D eigenvalue weighted by atomic mass is 19.1. The second-order valence-corrected chi connectivity index (χ2v) is 8.05. The van der Waals surface area contributed by atoms with Crippen LogP contribution >= 0.6 is 0 Å². The summed E-state index contributed by atoms with van der Waals surface area (Å²) < 4.78 is 13.7. The van der Waals surface area contributed by atoms with Gasteiger partial charge in [-0.25, -0.2) is 9.37 Å². The third kappa shape index (κ3) is 5.22. The molecular weight excluding hydrogens is 369 g/mol. The Kier molecular flexibility index (Phi) is 5.92. The molecule has 2 fully saturated rings. The van der Waals surface area contributed by atoms with E-state index in [9.17, 15) is 9.18 Å². The van der Waals surface area contributed by atoms with E-state index in [1.165, 1.54) is 18.4 Å². The lowest BCUT2D eigenvalue weighted by molar-refractivity contribution is 0.0946. The van der Waals surface area contributed by atoms with Gasteiger partial charge in [0.05, 0.1) is 6.54 Å². The average molecular weight is 397 g/mol. The van der Waals surface area contributed by atoms with Crippen molar-refractivity contribution in [1.82, 2.24) is 15.3 Å². The van der Waals surface area contributed by atoms with E-state index in [1.54, 1.807) is 6.07 Å². The summed E-state index contributed by atoms with van der Waals surface area (Å²) in [6, 6.07) is 11.9. The van der Waals surface area contributed by atoms with Crippen LogP contribution < -0.4 is 15.1 Å². The van der Waals surface area contributed by atoms with Crippen molar-refractivity contribution in [3.05, 3.63) is 47.7 Å². The fourth-order valence-corrected chi connectivity index (χ4v) is 3.49. The molecule has 2 heterocycles. The molecule has 4 rings (SSSR count). The molecule has 1 amide bonds. The van der Waals surface area contributed by atoms with Gasteiger partial charge >= 0.3 is 0 Å². The van der Waals surface area contributed by atoms with Gasteiger partial charge in [0.2, 0.25) is 5.95 Å². The molecule has 6 nitrogen and oxygen atoms in total. The first kappa shape index (κ1) is 19.6. The molecule has 1 aliphatic carbocycles. The zero-order valence-electron chi connectivity index (χ0n) is 16.9. The van der Waals surface area contributed by atoms with Crippen molar-refractivity contribution in [2.75, 3.05) is 43.0 Å². The minimum absolute atomic E-state index is 0.186. The number of nitrogens with one attached hydrogen (secondary N) is 1. The van der Waals surface area contributed by atoms with Crippen LogP contribution in [-0.2, 0) is 6.42 Å². The molecule has 2 aromatic rings. The van der Waals surface area contributed by atoms with Gasteiger partial charge in [-0.3, -0.25) is 4.79 Å². The smallest absolute Gasteiger partial charge is 0.270 e. The maximum absolute atomic E-state index is 13.7. The number of anilines is 2. The van der Waals surface area contributed by atoms with Crippen molar-refractivity contribution in [3.8, 4) is 0 Å². The normalized spacial score (nSPS) is 18.7. The van der Waals surface area contributed by atoms with E-state index in [1.807, 2.05) is 35.0 Å². The monoisotopic (exact) mass is 397 g/mol. The summed E-state index contributed by atoms with van der Waals surface area (Å²) in [7, 11) is 1.93. The first-order chi connectivity index (χ1) is 14.1. The summed E-state index contributed by atoms with van der Waals surface area (Å²) in [5, 5.41) is 2.97. The summed E-state index contributed by atoms with van der Waals surface area (Å²) in [6.07, 6.45) is 2.84. The molecule has 2 aliphatic rings. The minimum atomic E-state index is -0.851. The Morgan fingerprint density at radius 3 is 2.72 bits per heavy atom. The Morgan fingerprint density at radius 1 is 1.24 bits per heavy atom. The number of carbonyl (C=O) groups excluding carboxylic acids is 1. The van der Waals surface area contributed by atoms with E-state index in [2.05, 4.69) is 27.4 Å². The van der Waals surface area contributed by atoms with E-state index in [4.69, 9.17) is 0 Å². The second-order valence-electron chi connectivity index (χ2n) is 8.05. The molecule has 1 aliphatic heterocycles. The summed E-state index contributed by atoms with van der Waals surface area (Å²) in [5.41, 5.74) is 1.58. The van der Waals surface area contributed by atoms with Crippen LogP contribution in [-0.4, -0.2) is 55.3 Å². The van der Waals surface area contributed by atoms with Crippen molar-refractivity contribution in [3.63, 3.8) is 0 Å². The molecular formula is C22H28FN5O. The number of alkyl halides is 1. The first-order valence-corrected chi connectivity index (χ1v) is 10.4.